The molecule has 0 spiro atoms. The Bertz CT molecular complexity index is 498. The third-order valence-electron chi connectivity index (χ3n) is 4.49. The second-order valence-corrected chi connectivity index (χ2v) is 6.76. The average Bonchev–Trinajstić information content (AvgIpc) is 2.49. The Balaban J connectivity index is 1.96. The van der Waals surface area contributed by atoms with E-state index in [9.17, 15) is 4.79 Å². The van der Waals surface area contributed by atoms with Crippen LogP contribution in [0, 0.1) is 5.41 Å². The first-order valence-electron chi connectivity index (χ1n) is 7.24. The van der Waals surface area contributed by atoms with Crippen LogP contribution in [-0.2, 0) is 33.5 Å². The van der Waals surface area contributed by atoms with Gasteiger partial charge in [0.2, 0.25) is 5.78 Å². The zero-order chi connectivity index (χ0) is 16.2. The molecule has 0 N–H and O–H groups in total. The van der Waals surface area contributed by atoms with Crippen molar-refractivity contribution in [3.63, 3.8) is 0 Å². The zero-order valence-corrected chi connectivity index (χ0v) is 13.5. The molecule has 0 aromatic carbocycles. The first-order valence-corrected chi connectivity index (χ1v) is 7.24. The molecule has 7 heteroatoms. The van der Waals surface area contributed by atoms with E-state index in [0.29, 0.717) is 18.8 Å². The number of rotatable bonds is 3. The molecule has 3 aliphatic heterocycles. The van der Waals surface area contributed by atoms with Crippen molar-refractivity contribution in [1.29, 1.82) is 0 Å². The van der Waals surface area contributed by atoms with E-state index in [1.807, 2.05) is 0 Å². The molecule has 0 amide bonds. The number of ketones is 1. The molecule has 0 unspecified atom stereocenters. The lowest BCUT2D eigenvalue weighted by molar-refractivity contribution is -0.448. The lowest BCUT2D eigenvalue weighted by Gasteiger charge is -2.53. The fourth-order valence-corrected chi connectivity index (χ4v) is 3.18. The molecule has 4 rings (SSSR count). The standard InChI is InChI=1S/C15H22O7/c1-13(2)7-19-12(20-8-13)9-6-10-11(16)15(17-4,18-5)14(9,3)22-21-10/h6,10,12H,7-8H2,1-5H3/t10-,14+/m0/s1. The van der Waals surface area contributed by atoms with Crippen LogP contribution in [0.3, 0.4) is 0 Å². The van der Waals surface area contributed by atoms with E-state index in [0.717, 1.165) is 0 Å². The SMILES string of the molecule is COC1(OC)C(=O)[C@@H]2C=C(C3OCC(C)(C)CO3)[C@@]1(C)OO2. The summed E-state index contributed by atoms with van der Waals surface area (Å²) in [5, 5.41) is 0. The number of hydrogen-bond donors (Lipinski definition) is 0. The minimum atomic E-state index is -1.58. The van der Waals surface area contributed by atoms with Gasteiger partial charge < -0.3 is 18.9 Å². The van der Waals surface area contributed by atoms with Crippen LogP contribution in [-0.4, -0.2) is 57.0 Å². The molecule has 0 aromatic rings. The van der Waals surface area contributed by atoms with Crippen LogP contribution in [0.4, 0.5) is 0 Å². The molecule has 4 aliphatic rings. The number of Topliss-reactive ketones (excluding diaryl/α,β-unsaturated/α-hetero) is 1. The fourth-order valence-electron chi connectivity index (χ4n) is 3.18. The third kappa shape index (κ3) is 2.01. The van der Waals surface area contributed by atoms with Crippen molar-refractivity contribution in [2.75, 3.05) is 27.4 Å². The van der Waals surface area contributed by atoms with Crippen LogP contribution in [0.2, 0.25) is 0 Å². The first-order chi connectivity index (χ1) is 10.3. The molecule has 124 valence electrons. The van der Waals surface area contributed by atoms with Gasteiger partial charge in [-0.25, -0.2) is 9.78 Å². The topological polar surface area (TPSA) is 72.5 Å². The van der Waals surface area contributed by atoms with Crippen LogP contribution < -0.4 is 0 Å². The first kappa shape index (κ1) is 16.0. The van der Waals surface area contributed by atoms with E-state index in [4.69, 9.17) is 28.7 Å². The van der Waals surface area contributed by atoms with Gasteiger partial charge in [0, 0.05) is 25.2 Å². The predicted molar refractivity (Wildman–Crippen MR) is 73.7 cm³/mol. The van der Waals surface area contributed by atoms with Crippen molar-refractivity contribution in [3.05, 3.63) is 11.6 Å². The summed E-state index contributed by atoms with van der Waals surface area (Å²) in [5.41, 5.74) is -0.699. The molecule has 22 heavy (non-hydrogen) atoms. The molecule has 2 atom stereocenters. The lowest BCUT2D eigenvalue weighted by Crippen LogP contribution is -2.72. The monoisotopic (exact) mass is 314 g/mol. The average molecular weight is 314 g/mol. The number of methoxy groups -OCH3 is 2. The van der Waals surface area contributed by atoms with Gasteiger partial charge in [0.25, 0.3) is 5.79 Å². The molecule has 2 fully saturated rings. The largest absolute Gasteiger partial charge is 0.348 e. The maximum atomic E-state index is 12.5. The Morgan fingerprint density at radius 1 is 1.14 bits per heavy atom. The van der Waals surface area contributed by atoms with E-state index < -0.39 is 23.8 Å². The van der Waals surface area contributed by atoms with Crippen LogP contribution in [0.15, 0.2) is 11.6 Å². The second kappa shape index (κ2) is 5.09. The molecule has 2 bridgehead atoms. The zero-order valence-electron chi connectivity index (χ0n) is 13.5. The van der Waals surface area contributed by atoms with E-state index >= 15 is 0 Å². The van der Waals surface area contributed by atoms with Crippen molar-refractivity contribution >= 4 is 5.78 Å². The molecule has 0 radical (unpaired) electrons. The normalized spacial score (nSPS) is 37.2. The molecular formula is C15H22O7. The van der Waals surface area contributed by atoms with Crippen LogP contribution in [0.25, 0.3) is 0 Å². The fraction of sp³-hybridized carbons (Fsp3) is 0.800. The maximum absolute atomic E-state index is 12.5. The number of fused-ring (bicyclic) bond motifs is 2. The second-order valence-electron chi connectivity index (χ2n) is 6.76. The smallest absolute Gasteiger partial charge is 0.269 e. The summed E-state index contributed by atoms with van der Waals surface area (Å²) in [4.78, 5) is 23.1. The van der Waals surface area contributed by atoms with Crippen molar-refractivity contribution < 1.29 is 33.5 Å². The molecule has 3 heterocycles. The predicted octanol–water partition coefficient (Wildman–Crippen LogP) is 0.973. The van der Waals surface area contributed by atoms with Gasteiger partial charge in [-0.15, -0.1) is 0 Å². The highest BCUT2D eigenvalue weighted by molar-refractivity contribution is 5.95. The molecule has 7 nitrogen and oxygen atoms in total. The van der Waals surface area contributed by atoms with Gasteiger partial charge >= 0.3 is 0 Å². The van der Waals surface area contributed by atoms with Crippen molar-refractivity contribution in [1.82, 2.24) is 0 Å². The number of ether oxygens (including phenoxy) is 4. The Morgan fingerprint density at radius 2 is 1.73 bits per heavy atom. The Morgan fingerprint density at radius 3 is 2.27 bits per heavy atom. The molecule has 0 aromatic heterocycles. The van der Waals surface area contributed by atoms with Gasteiger partial charge in [-0.1, -0.05) is 13.8 Å². The summed E-state index contributed by atoms with van der Waals surface area (Å²) < 4.78 is 22.5. The molecule has 2 saturated heterocycles. The van der Waals surface area contributed by atoms with Gasteiger partial charge in [0.15, 0.2) is 18.0 Å². The van der Waals surface area contributed by atoms with Gasteiger partial charge in [-0.05, 0) is 13.0 Å². The molecule has 1 aliphatic carbocycles. The summed E-state index contributed by atoms with van der Waals surface area (Å²) in [5.74, 6) is -1.93. The van der Waals surface area contributed by atoms with Crippen molar-refractivity contribution in [3.8, 4) is 0 Å². The van der Waals surface area contributed by atoms with E-state index in [2.05, 4.69) is 13.8 Å². The van der Waals surface area contributed by atoms with Gasteiger partial charge in [0.05, 0.1) is 13.2 Å². The van der Waals surface area contributed by atoms with Crippen molar-refractivity contribution in [2.24, 2.45) is 5.41 Å². The van der Waals surface area contributed by atoms with Crippen LogP contribution in [0.1, 0.15) is 20.8 Å². The lowest BCUT2D eigenvalue weighted by atomic mass is 9.75. The highest BCUT2D eigenvalue weighted by Crippen LogP contribution is 2.49. The van der Waals surface area contributed by atoms with Gasteiger partial charge in [0.1, 0.15) is 0 Å². The highest BCUT2D eigenvalue weighted by atomic mass is 17.2. The third-order valence-corrected chi connectivity index (χ3v) is 4.49. The van der Waals surface area contributed by atoms with E-state index in [1.165, 1.54) is 14.2 Å². The van der Waals surface area contributed by atoms with E-state index in [-0.39, 0.29) is 11.2 Å². The molecular weight excluding hydrogens is 292 g/mol. The summed E-state index contributed by atoms with van der Waals surface area (Å²) in [6, 6.07) is 0. The Hall–Kier alpha value is -0.830. The van der Waals surface area contributed by atoms with Gasteiger partial charge in [-0.2, -0.15) is 0 Å². The Labute approximate surface area is 129 Å². The summed E-state index contributed by atoms with van der Waals surface area (Å²) >= 11 is 0. The highest BCUT2D eigenvalue weighted by Gasteiger charge is 2.69. The van der Waals surface area contributed by atoms with Crippen LogP contribution >= 0.6 is 0 Å². The van der Waals surface area contributed by atoms with Crippen molar-refractivity contribution in [2.45, 2.75) is 44.6 Å². The van der Waals surface area contributed by atoms with Gasteiger partial charge in [-0.3, -0.25) is 4.79 Å². The van der Waals surface area contributed by atoms with E-state index in [1.54, 1.807) is 13.0 Å². The summed E-state index contributed by atoms with van der Waals surface area (Å²) in [6.07, 6.45) is 0.145. The van der Waals surface area contributed by atoms with Crippen LogP contribution in [0.5, 0.6) is 0 Å². The number of carbonyl (C=O) groups excluding carboxylic acids is 1. The summed E-state index contributed by atoms with van der Waals surface area (Å²) in [6.45, 7) is 6.87. The minimum Gasteiger partial charge on any atom is -0.348 e. The number of hydrogen-bond acceptors (Lipinski definition) is 7. The quantitative estimate of drug-likeness (QED) is 0.437. The minimum absolute atomic E-state index is 0.0571. The summed E-state index contributed by atoms with van der Waals surface area (Å²) in [7, 11) is 2.81. The number of carbonyl (C=O) groups is 1. The maximum Gasteiger partial charge on any atom is 0.269 e. The Kier molecular flexibility index (Phi) is 3.71. The molecule has 0 saturated carbocycles.